The second kappa shape index (κ2) is 6.18. The minimum Gasteiger partial charge on any atom is -0.409 e. The van der Waals surface area contributed by atoms with Gasteiger partial charge in [-0.15, -0.1) is 5.10 Å². The lowest BCUT2D eigenvalue weighted by molar-refractivity contribution is 0.194. The van der Waals surface area contributed by atoms with Gasteiger partial charge in [0.2, 0.25) is 5.89 Å². The van der Waals surface area contributed by atoms with Gasteiger partial charge in [-0.3, -0.25) is 4.90 Å². The normalized spacial score (nSPS) is 20.2. The van der Waals surface area contributed by atoms with Crippen molar-refractivity contribution in [1.82, 2.24) is 14.7 Å². The summed E-state index contributed by atoms with van der Waals surface area (Å²) < 4.78 is 30.3. The van der Waals surface area contributed by atoms with E-state index in [2.05, 4.69) is 5.10 Å². The predicted molar refractivity (Wildman–Crippen MR) is 90.3 cm³/mol. The Bertz CT molecular complexity index is 853. The van der Waals surface area contributed by atoms with Crippen LogP contribution in [0.1, 0.15) is 12.0 Å². The summed E-state index contributed by atoms with van der Waals surface area (Å²) in [5.41, 5.74) is 2.03. The van der Waals surface area contributed by atoms with Crippen LogP contribution in [0.2, 0.25) is 0 Å². The molecule has 0 bridgehead atoms. The number of nitrogens with zero attached hydrogens (tertiary/aromatic N) is 3. The third-order valence-corrected chi connectivity index (χ3v) is 6.14. The maximum Gasteiger partial charge on any atom is 0.288 e. The van der Waals surface area contributed by atoms with E-state index in [0.29, 0.717) is 19.0 Å². The van der Waals surface area contributed by atoms with Crippen LogP contribution in [-0.2, 0) is 16.5 Å². The Kier molecular flexibility index (Phi) is 4.39. The van der Waals surface area contributed by atoms with E-state index in [1.165, 1.54) is 0 Å². The van der Waals surface area contributed by atoms with Gasteiger partial charge >= 0.3 is 0 Å². The van der Waals surface area contributed by atoms with Crippen LogP contribution in [0.4, 0.5) is 0 Å². The molecule has 8 heteroatoms. The number of benzene rings is 1. The summed E-state index contributed by atoms with van der Waals surface area (Å²) in [4.78, 5) is 2.25. The van der Waals surface area contributed by atoms with Crippen LogP contribution >= 0.6 is 12.2 Å². The van der Waals surface area contributed by atoms with Crippen molar-refractivity contribution >= 4 is 22.1 Å². The van der Waals surface area contributed by atoms with E-state index < -0.39 is 9.84 Å². The number of sulfone groups is 1. The van der Waals surface area contributed by atoms with E-state index >= 15 is 0 Å². The molecule has 1 aliphatic rings. The average Bonchev–Trinajstić information content (AvgIpc) is 3.03. The maximum absolute atomic E-state index is 11.6. The van der Waals surface area contributed by atoms with Crippen LogP contribution in [0.5, 0.6) is 0 Å². The van der Waals surface area contributed by atoms with Crippen LogP contribution in [0.3, 0.4) is 0 Å². The number of hydrogen-bond acceptors (Lipinski definition) is 6. The van der Waals surface area contributed by atoms with Gasteiger partial charge in [0.25, 0.3) is 4.84 Å². The quantitative estimate of drug-likeness (QED) is 0.786. The molecule has 23 heavy (non-hydrogen) atoms. The van der Waals surface area contributed by atoms with Crippen LogP contribution in [0.15, 0.2) is 28.7 Å². The fourth-order valence-corrected chi connectivity index (χ4v) is 4.64. The van der Waals surface area contributed by atoms with E-state index in [0.717, 1.165) is 11.1 Å². The molecule has 3 rings (SSSR count). The number of rotatable bonds is 4. The Morgan fingerprint density at radius 1 is 1.39 bits per heavy atom. The highest BCUT2D eigenvalue weighted by Crippen LogP contribution is 2.20. The lowest BCUT2D eigenvalue weighted by atomic mass is 10.1. The van der Waals surface area contributed by atoms with Gasteiger partial charge < -0.3 is 4.42 Å². The first-order valence-corrected chi connectivity index (χ1v) is 9.63. The largest absolute Gasteiger partial charge is 0.409 e. The molecular formula is C15H19N3O3S2. The van der Waals surface area contributed by atoms with Crippen molar-refractivity contribution in [1.29, 1.82) is 0 Å². The zero-order chi connectivity index (χ0) is 16.6. The molecular weight excluding hydrogens is 334 g/mol. The zero-order valence-corrected chi connectivity index (χ0v) is 14.7. The van der Waals surface area contributed by atoms with Crippen molar-refractivity contribution in [2.45, 2.75) is 26.1 Å². The van der Waals surface area contributed by atoms with E-state index in [9.17, 15) is 8.42 Å². The van der Waals surface area contributed by atoms with Gasteiger partial charge in [-0.05, 0) is 44.7 Å². The highest BCUT2D eigenvalue weighted by Gasteiger charge is 2.30. The second-order valence-corrected chi connectivity index (χ2v) is 8.57. The lowest BCUT2D eigenvalue weighted by Crippen LogP contribution is -2.34. The molecule has 0 amide bonds. The van der Waals surface area contributed by atoms with Gasteiger partial charge in [-0.1, -0.05) is 17.7 Å². The van der Waals surface area contributed by atoms with Crippen LogP contribution < -0.4 is 0 Å². The van der Waals surface area contributed by atoms with Crippen molar-refractivity contribution in [2.24, 2.45) is 0 Å². The standard InChI is InChI=1S/C15H19N3O3S2/c1-11-3-5-12(6-4-11)14-16-18(15(22)21-14)10-17(2)13-7-8-23(19,20)9-13/h3-6,13H,7-10H2,1-2H3. The summed E-state index contributed by atoms with van der Waals surface area (Å²) in [5, 5.41) is 4.41. The molecule has 1 aromatic heterocycles. The molecule has 124 valence electrons. The number of aromatic nitrogens is 2. The summed E-state index contributed by atoms with van der Waals surface area (Å²) in [6, 6.07) is 7.85. The van der Waals surface area contributed by atoms with E-state index in [-0.39, 0.29) is 22.4 Å². The molecule has 1 aliphatic heterocycles. The van der Waals surface area contributed by atoms with Gasteiger partial charge in [-0.25, -0.2) is 13.1 Å². The summed E-state index contributed by atoms with van der Waals surface area (Å²) >= 11 is 5.23. The van der Waals surface area contributed by atoms with E-state index in [1.807, 2.05) is 43.1 Å². The molecule has 0 spiro atoms. The molecule has 0 aliphatic carbocycles. The predicted octanol–water partition coefficient (Wildman–Crippen LogP) is 2.26. The van der Waals surface area contributed by atoms with Gasteiger partial charge in [-0.2, -0.15) is 0 Å². The van der Waals surface area contributed by atoms with Gasteiger partial charge in [0, 0.05) is 11.6 Å². The van der Waals surface area contributed by atoms with Crippen molar-refractivity contribution in [3.8, 4) is 11.5 Å². The average molecular weight is 353 g/mol. The first kappa shape index (κ1) is 16.4. The van der Waals surface area contributed by atoms with Crippen molar-refractivity contribution in [2.75, 3.05) is 18.6 Å². The topological polar surface area (TPSA) is 68.3 Å². The molecule has 2 aromatic rings. The summed E-state index contributed by atoms with van der Waals surface area (Å²) in [7, 11) is -1.02. The van der Waals surface area contributed by atoms with Gasteiger partial charge in [0.15, 0.2) is 9.84 Å². The van der Waals surface area contributed by atoms with Crippen molar-refractivity contribution in [3.63, 3.8) is 0 Å². The van der Waals surface area contributed by atoms with Crippen LogP contribution in [-0.4, -0.2) is 47.7 Å². The Hall–Kier alpha value is -1.51. The monoisotopic (exact) mass is 353 g/mol. The molecule has 0 saturated carbocycles. The van der Waals surface area contributed by atoms with Crippen LogP contribution in [0, 0.1) is 11.8 Å². The minimum atomic E-state index is -2.91. The Balaban J connectivity index is 1.76. The Morgan fingerprint density at radius 2 is 2.09 bits per heavy atom. The highest BCUT2D eigenvalue weighted by atomic mass is 32.2. The van der Waals surface area contributed by atoms with Gasteiger partial charge in [0.1, 0.15) is 0 Å². The summed E-state index contributed by atoms with van der Waals surface area (Å²) in [6.45, 7) is 2.43. The maximum atomic E-state index is 11.6. The molecule has 1 unspecified atom stereocenters. The van der Waals surface area contributed by atoms with Gasteiger partial charge in [0.05, 0.1) is 18.2 Å². The third kappa shape index (κ3) is 3.70. The molecule has 0 N–H and O–H groups in total. The molecule has 0 radical (unpaired) electrons. The smallest absolute Gasteiger partial charge is 0.288 e. The summed E-state index contributed by atoms with van der Waals surface area (Å²) in [6.07, 6.45) is 0.648. The molecule has 1 atom stereocenters. The lowest BCUT2D eigenvalue weighted by Gasteiger charge is -2.22. The SMILES string of the molecule is Cc1ccc(-c2nn(CN(C)C3CCS(=O)(=O)C3)c(=S)o2)cc1. The minimum absolute atomic E-state index is 0.00132. The van der Waals surface area contributed by atoms with Crippen molar-refractivity contribution < 1.29 is 12.8 Å². The summed E-state index contributed by atoms with van der Waals surface area (Å²) in [5.74, 6) is 0.919. The number of aryl methyl sites for hydroxylation is 1. The molecule has 6 nitrogen and oxygen atoms in total. The fourth-order valence-electron chi connectivity index (χ4n) is 2.66. The third-order valence-electron chi connectivity index (χ3n) is 4.09. The highest BCUT2D eigenvalue weighted by molar-refractivity contribution is 7.91. The molecule has 1 aromatic carbocycles. The second-order valence-electron chi connectivity index (χ2n) is 5.99. The number of hydrogen-bond donors (Lipinski definition) is 0. The Morgan fingerprint density at radius 3 is 2.70 bits per heavy atom. The zero-order valence-electron chi connectivity index (χ0n) is 13.1. The van der Waals surface area contributed by atoms with Crippen molar-refractivity contribution in [3.05, 3.63) is 34.7 Å². The molecule has 1 saturated heterocycles. The van der Waals surface area contributed by atoms with E-state index in [4.69, 9.17) is 16.6 Å². The molecule has 1 fully saturated rings. The first-order chi connectivity index (χ1) is 10.8. The fraction of sp³-hybridized carbons (Fsp3) is 0.467. The van der Waals surface area contributed by atoms with E-state index in [1.54, 1.807) is 4.68 Å². The molecule has 2 heterocycles. The first-order valence-electron chi connectivity index (χ1n) is 7.40. The Labute approximate surface area is 140 Å². The van der Waals surface area contributed by atoms with Crippen LogP contribution in [0.25, 0.3) is 11.5 Å².